The van der Waals surface area contributed by atoms with Crippen molar-refractivity contribution < 1.29 is 23.8 Å². The summed E-state index contributed by atoms with van der Waals surface area (Å²) in [5, 5.41) is 1.80. The number of ether oxygens (including phenoxy) is 3. The van der Waals surface area contributed by atoms with Gasteiger partial charge in [0, 0.05) is 25.6 Å². The summed E-state index contributed by atoms with van der Waals surface area (Å²) in [4.78, 5) is 23.9. The molecule has 2 aromatic carbocycles. The Hall–Kier alpha value is -2.25. The van der Waals surface area contributed by atoms with Gasteiger partial charge >= 0.3 is 5.97 Å². The monoisotopic (exact) mass is 723 g/mol. The van der Waals surface area contributed by atoms with E-state index in [4.69, 9.17) is 14.2 Å². The quantitative estimate of drug-likeness (QED) is 0.0352. The molecular formula is C45H74O5Si. The highest BCUT2D eigenvalue weighted by molar-refractivity contribution is 6.98. The van der Waals surface area contributed by atoms with Crippen LogP contribution in [0.3, 0.4) is 0 Å². The Morgan fingerprint density at radius 3 is 1.57 bits per heavy atom. The minimum atomic E-state index is -3.09. The predicted octanol–water partition coefficient (Wildman–Crippen LogP) is 10.7. The number of allylic oxidation sites excluding steroid dienone is 2. The molecule has 0 radical (unpaired) electrons. The zero-order valence-electron chi connectivity index (χ0n) is 33.1. The van der Waals surface area contributed by atoms with Gasteiger partial charge in [0.05, 0.1) is 20.3 Å². The SMILES string of the molecule is CCCCCCCCOCC(COCCCCCCCC/C=C\CCCCCCC(=O)OC)CC(C)(C)[Si](O)(c1ccccc1)c1ccccc1. The Balaban J connectivity index is 1.75. The molecule has 0 bridgehead atoms. The summed E-state index contributed by atoms with van der Waals surface area (Å²) >= 11 is 0. The molecule has 0 aliphatic carbocycles. The number of methoxy groups -OCH3 is 1. The Bertz CT molecular complexity index is 1100. The fraction of sp³-hybridized carbons (Fsp3) is 0.667. The van der Waals surface area contributed by atoms with Gasteiger partial charge in [0.15, 0.2) is 0 Å². The van der Waals surface area contributed by atoms with Gasteiger partial charge in [0.1, 0.15) is 0 Å². The van der Waals surface area contributed by atoms with Crippen LogP contribution in [0.2, 0.25) is 5.04 Å². The molecule has 2 rings (SSSR count). The van der Waals surface area contributed by atoms with Crippen molar-refractivity contribution in [1.82, 2.24) is 0 Å². The molecule has 1 unspecified atom stereocenters. The van der Waals surface area contributed by atoms with E-state index in [0.717, 1.165) is 62.1 Å². The first-order valence-electron chi connectivity index (χ1n) is 20.6. The predicted molar refractivity (Wildman–Crippen MR) is 218 cm³/mol. The second-order valence-electron chi connectivity index (χ2n) is 15.2. The van der Waals surface area contributed by atoms with Crippen LogP contribution in [0.1, 0.15) is 149 Å². The maximum atomic E-state index is 12.7. The van der Waals surface area contributed by atoms with Crippen LogP contribution in [-0.2, 0) is 19.0 Å². The largest absolute Gasteiger partial charge is 0.469 e. The van der Waals surface area contributed by atoms with Crippen LogP contribution in [0.15, 0.2) is 72.8 Å². The molecule has 1 N–H and O–H groups in total. The van der Waals surface area contributed by atoms with Gasteiger partial charge in [-0.15, -0.1) is 0 Å². The zero-order valence-corrected chi connectivity index (χ0v) is 34.1. The molecule has 288 valence electrons. The second kappa shape index (κ2) is 28.3. The van der Waals surface area contributed by atoms with E-state index in [1.807, 2.05) is 12.1 Å². The topological polar surface area (TPSA) is 65.0 Å². The summed E-state index contributed by atoms with van der Waals surface area (Å²) < 4.78 is 17.3. The number of esters is 1. The second-order valence-corrected chi connectivity index (χ2v) is 19.2. The summed E-state index contributed by atoms with van der Waals surface area (Å²) in [5.41, 5.74) is 0. The average molecular weight is 723 g/mol. The van der Waals surface area contributed by atoms with Crippen molar-refractivity contribution >= 4 is 24.7 Å². The number of unbranched alkanes of at least 4 members (excludes halogenated alkanes) is 15. The van der Waals surface area contributed by atoms with Crippen LogP contribution in [0.25, 0.3) is 0 Å². The van der Waals surface area contributed by atoms with Gasteiger partial charge in [-0.1, -0.05) is 164 Å². The lowest BCUT2D eigenvalue weighted by Gasteiger charge is -2.43. The minimum Gasteiger partial charge on any atom is -0.469 e. The van der Waals surface area contributed by atoms with E-state index in [1.165, 1.54) is 90.6 Å². The van der Waals surface area contributed by atoms with Crippen molar-refractivity contribution in [2.75, 3.05) is 33.5 Å². The molecule has 51 heavy (non-hydrogen) atoms. The summed E-state index contributed by atoms with van der Waals surface area (Å²) in [6.07, 6.45) is 27.8. The van der Waals surface area contributed by atoms with Crippen molar-refractivity contribution in [2.45, 2.75) is 154 Å². The van der Waals surface area contributed by atoms with E-state index < -0.39 is 8.32 Å². The van der Waals surface area contributed by atoms with Gasteiger partial charge < -0.3 is 19.0 Å². The fourth-order valence-electron chi connectivity index (χ4n) is 7.22. The highest BCUT2D eigenvalue weighted by Gasteiger charge is 2.50. The molecule has 5 nitrogen and oxygen atoms in total. The van der Waals surface area contributed by atoms with Gasteiger partial charge in [0.2, 0.25) is 0 Å². The van der Waals surface area contributed by atoms with Crippen LogP contribution in [0.5, 0.6) is 0 Å². The van der Waals surface area contributed by atoms with Crippen LogP contribution < -0.4 is 10.4 Å². The Morgan fingerprint density at radius 1 is 0.667 bits per heavy atom. The van der Waals surface area contributed by atoms with Crippen LogP contribution in [0.4, 0.5) is 0 Å². The molecule has 0 amide bonds. The van der Waals surface area contributed by atoms with E-state index in [2.05, 4.69) is 81.5 Å². The Kier molecular flexibility index (Phi) is 24.9. The molecule has 0 spiro atoms. The molecule has 0 saturated carbocycles. The average Bonchev–Trinajstić information content (AvgIpc) is 3.15. The van der Waals surface area contributed by atoms with E-state index in [-0.39, 0.29) is 16.9 Å². The Labute approximate surface area is 314 Å². The molecule has 0 aliphatic rings. The van der Waals surface area contributed by atoms with E-state index in [0.29, 0.717) is 19.6 Å². The van der Waals surface area contributed by atoms with Gasteiger partial charge in [-0.3, -0.25) is 4.79 Å². The van der Waals surface area contributed by atoms with E-state index in [1.54, 1.807) is 0 Å². The van der Waals surface area contributed by atoms with Crippen LogP contribution >= 0.6 is 0 Å². The number of hydrogen-bond acceptors (Lipinski definition) is 5. The first-order chi connectivity index (χ1) is 24.8. The fourth-order valence-corrected chi connectivity index (χ4v) is 11.1. The van der Waals surface area contributed by atoms with Crippen LogP contribution in [0, 0.1) is 5.92 Å². The summed E-state index contributed by atoms with van der Waals surface area (Å²) in [5.74, 6) is 0.133. The molecule has 2 aromatic rings. The maximum Gasteiger partial charge on any atom is 0.305 e. The van der Waals surface area contributed by atoms with Gasteiger partial charge in [0.25, 0.3) is 8.32 Å². The summed E-state index contributed by atoms with van der Waals surface area (Å²) in [6.45, 7) is 9.72. The number of rotatable bonds is 32. The number of carbonyl (C=O) groups excluding carboxylic acids is 1. The highest BCUT2D eigenvalue weighted by atomic mass is 28.4. The van der Waals surface area contributed by atoms with Crippen molar-refractivity contribution in [3.63, 3.8) is 0 Å². The van der Waals surface area contributed by atoms with Crippen molar-refractivity contribution in [2.24, 2.45) is 5.92 Å². The molecule has 0 fully saturated rings. The van der Waals surface area contributed by atoms with Crippen molar-refractivity contribution in [1.29, 1.82) is 0 Å². The summed E-state index contributed by atoms with van der Waals surface area (Å²) in [7, 11) is -1.63. The zero-order chi connectivity index (χ0) is 36.9. The number of benzene rings is 2. The first-order valence-corrected chi connectivity index (χ1v) is 22.5. The lowest BCUT2D eigenvalue weighted by atomic mass is 9.97. The number of carbonyl (C=O) groups is 1. The lowest BCUT2D eigenvalue weighted by molar-refractivity contribution is -0.140. The first kappa shape index (κ1) is 44.9. The molecular weight excluding hydrogens is 649 g/mol. The smallest absolute Gasteiger partial charge is 0.305 e. The van der Waals surface area contributed by atoms with Gasteiger partial charge in [-0.25, -0.2) is 0 Å². The third kappa shape index (κ3) is 18.9. The number of hydrogen-bond donors (Lipinski definition) is 1. The lowest BCUT2D eigenvalue weighted by Crippen LogP contribution is -2.65. The molecule has 0 aliphatic heterocycles. The maximum absolute atomic E-state index is 12.7. The van der Waals surface area contributed by atoms with E-state index in [9.17, 15) is 9.59 Å². The normalized spacial score (nSPS) is 12.8. The molecule has 0 saturated heterocycles. The molecule has 1 atom stereocenters. The summed E-state index contributed by atoms with van der Waals surface area (Å²) in [6, 6.07) is 20.7. The van der Waals surface area contributed by atoms with Crippen molar-refractivity contribution in [3.05, 3.63) is 72.8 Å². The third-order valence-electron chi connectivity index (χ3n) is 10.3. The standard InChI is InChI=1S/C45H74O5Si/c1-5-6-7-8-20-29-36-49-39-41(38-45(2,3)51(47,42-31-24-22-25-32-42)43-33-26-23-27-34-43)40-50-37-30-21-18-16-14-12-10-9-11-13-15-17-19-28-35-44(46)48-4/h9,11,22-27,31-34,41,47H,5-8,10,12-21,28-30,35-40H2,1-4H3/b11-9-. The van der Waals surface area contributed by atoms with E-state index >= 15 is 0 Å². The van der Waals surface area contributed by atoms with Crippen molar-refractivity contribution in [3.8, 4) is 0 Å². The molecule has 0 heterocycles. The Morgan fingerprint density at radius 2 is 1.10 bits per heavy atom. The highest BCUT2D eigenvalue weighted by Crippen LogP contribution is 2.41. The molecule has 6 heteroatoms. The minimum absolute atomic E-state index is 0.0952. The van der Waals surface area contributed by atoms with Crippen LogP contribution in [-0.4, -0.2) is 52.6 Å². The van der Waals surface area contributed by atoms with Gasteiger partial charge in [-0.05, 0) is 66.8 Å². The molecule has 0 aromatic heterocycles. The third-order valence-corrected chi connectivity index (χ3v) is 14.8. The van der Waals surface area contributed by atoms with Gasteiger partial charge in [-0.2, -0.15) is 0 Å².